The van der Waals surface area contributed by atoms with E-state index in [9.17, 15) is 9.59 Å². The molecule has 0 fully saturated rings. The number of ether oxygens (including phenoxy) is 1. The Morgan fingerprint density at radius 3 is 3.09 bits per heavy atom. The third-order valence-electron chi connectivity index (χ3n) is 3.14. The third-order valence-corrected chi connectivity index (χ3v) is 3.96. The van der Waals surface area contributed by atoms with Gasteiger partial charge in [0.25, 0.3) is 5.56 Å². The highest BCUT2D eigenvalue weighted by molar-refractivity contribution is 7.16. The van der Waals surface area contributed by atoms with Crippen molar-refractivity contribution >= 4 is 27.5 Å². The van der Waals surface area contributed by atoms with Crippen molar-refractivity contribution < 1.29 is 9.53 Å². The molecule has 0 radical (unpaired) electrons. The second-order valence-corrected chi connectivity index (χ2v) is 5.62. The van der Waals surface area contributed by atoms with Gasteiger partial charge in [0.15, 0.2) is 0 Å². The van der Waals surface area contributed by atoms with Gasteiger partial charge in [0.05, 0.1) is 18.3 Å². The summed E-state index contributed by atoms with van der Waals surface area (Å²) in [6.07, 6.45) is 1.76. The molecule has 0 aliphatic rings. The van der Waals surface area contributed by atoms with E-state index in [1.54, 1.807) is 13.2 Å². The Bertz CT molecular complexity index is 667. The van der Waals surface area contributed by atoms with Crippen LogP contribution in [0.5, 0.6) is 0 Å². The molecule has 0 unspecified atom stereocenters. The maximum Gasteiger partial charge on any atom is 0.262 e. The summed E-state index contributed by atoms with van der Waals surface area (Å²) in [6, 6.07) is 1.76. The number of carbonyl (C=O) groups excluding carboxylic acids is 1. The third kappa shape index (κ3) is 4.62. The smallest absolute Gasteiger partial charge is 0.262 e. The van der Waals surface area contributed by atoms with Crippen molar-refractivity contribution in [3.8, 4) is 0 Å². The summed E-state index contributed by atoms with van der Waals surface area (Å²) in [4.78, 5) is 28.8. The van der Waals surface area contributed by atoms with Crippen LogP contribution in [0.15, 0.2) is 22.6 Å². The van der Waals surface area contributed by atoms with Crippen molar-refractivity contribution in [2.24, 2.45) is 0 Å². The molecule has 2 aromatic rings. The highest BCUT2D eigenvalue weighted by Gasteiger charge is 2.07. The molecule has 0 spiro atoms. The van der Waals surface area contributed by atoms with Crippen molar-refractivity contribution in [3.63, 3.8) is 0 Å². The highest BCUT2D eigenvalue weighted by Crippen LogP contribution is 2.13. The lowest BCUT2D eigenvalue weighted by Gasteiger charge is -2.07. The van der Waals surface area contributed by atoms with E-state index >= 15 is 0 Å². The number of rotatable bonds is 9. The Morgan fingerprint density at radius 1 is 1.41 bits per heavy atom. The van der Waals surface area contributed by atoms with Gasteiger partial charge in [0, 0.05) is 39.7 Å². The van der Waals surface area contributed by atoms with Crippen LogP contribution >= 0.6 is 11.3 Å². The summed E-state index contributed by atoms with van der Waals surface area (Å²) in [6.45, 7) is 2.99. The number of hydrogen-bond acceptors (Lipinski definition) is 6. The van der Waals surface area contributed by atoms with E-state index < -0.39 is 0 Å². The van der Waals surface area contributed by atoms with Crippen LogP contribution in [0, 0.1) is 0 Å². The largest absolute Gasteiger partial charge is 0.383 e. The number of hydrogen-bond donors (Lipinski definition) is 2. The lowest BCUT2D eigenvalue weighted by molar-refractivity contribution is -0.121. The van der Waals surface area contributed by atoms with Gasteiger partial charge in [-0.1, -0.05) is 0 Å². The van der Waals surface area contributed by atoms with Crippen LogP contribution in [0.25, 0.3) is 10.2 Å². The van der Waals surface area contributed by atoms with Gasteiger partial charge >= 0.3 is 0 Å². The number of aryl methyl sites for hydroxylation is 1. The molecule has 2 rings (SSSR count). The standard InChI is InChI=1S/C14H20N4O3S/c1-21-8-6-15-4-5-16-12(19)2-7-18-10-17-13-11(14(18)20)3-9-22-13/h3,9-10,15H,2,4-8H2,1H3,(H,16,19). The maximum absolute atomic E-state index is 12.1. The molecule has 2 heterocycles. The van der Waals surface area contributed by atoms with E-state index in [1.165, 1.54) is 22.2 Å². The number of fused-ring (bicyclic) bond motifs is 1. The molecular formula is C14H20N4O3S. The molecule has 1 amide bonds. The molecule has 0 atom stereocenters. The molecule has 22 heavy (non-hydrogen) atoms. The van der Waals surface area contributed by atoms with Crippen LogP contribution in [0.3, 0.4) is 0 Å². The molecule has 0 saturated carbocycles. The molecule has 0 aliphatic heterocycles. The number of methoxy groups -OCH3 is 1. The van der Waals surface area contributed by atoms with Crippen LogP contribution in [-0.2, 0) is 16.1 Å². The van der Waals surface area contributed by atoms with Crippen molar-refractivity contribution in [1.29, 1.82) is 0 Å². The van der Waals surface area contributed by atoms with Gasteiger partial charge in [0.1, 0.15) is 4.83 Å². The maximum atomic E-state index is 12.1. The normalized spacial score (nSPS) is 11.0. The van der Waals surface area contributed by atoms with Gasteiger partial charge in [-0.2, -0.15) is 0 Å². The zero-order chi connectivity index (χ0) is 15.8. The van der Waals surface area contributed by atoms with Crippen molar-refractivity contribution in [1.82, 2.24) is 20.2 Å². The number of amides is 1. The summed E-state index contributed by atoms with van der Waals surface area (Å²) < 4.78 is 6.38. The number of aromatic nitrogens is 2. The van der Waals surface area contributed by atoms with Crippen LogP contribution < -0.4 is 16.2 Å². The predicted molar refractivity (Wildman–Crippen MR) is 86.3 cm³/mol. The Kier molecular flexibility index (Phi) is 6.50. The lowest BCUT2D eigenvalue weighted by Crippen LogP contribution is -2.34. The number of nitrogens with one attached hydrogen (secondary N) is 2. The minimum absolute atomic E-state index is 0.0779. The molecule has 0 bridgehead atoms. The zero-order valence-corrected chi connectivity index (χ0v) is 13.3. The van der Waals surface area contributed by atoms with Crippen LogP contribution in [0.2, 0.25) is 0 Å². The van der Waals surface area contributed by atoms with Gasteiger partial charge in [-0.15, -0.1) is 11.3 Å². The molecule has 120 valence electrons. The molecule has 0 aromatic carbocycles. The van der Waals surface area contributed by atoms with E-state index in [1.807, 2.05) is 5.38 Å². The predicted octanol–water partition coefficient (Wildman–Crippen LogP) is 0.200. The Balaban J connectivity index is 1.73. The number of carbonyl (C=O) groups is 1. The molecule has 7 nitrogen and oxygen atoms in total. The monoisotopic (exact) mass is 324 g/mol. The topological polar surface area (TPSA) is 85.2 Å². The number of thiophene rings is 1. The van der Waals surface area contributed by atoms with E-state index in [-0.39, 0.29) is 17.9 Å². The molecule has 2 aromatic heterocycles. The summed E-state index contributed by atoms with van der Waals surface area (Å²) in [5.74, 6) is -0.0779. The van der Waals surface area contributed by atoms with Crippen LogP contribution in [0.1, 0.15) is 6.42 Å². The Hall–Kier alpha value is -1.77. The minimum Gasteiger partial charge on any atom is -0.383 e. The second-order valence-electron chi connectivity index (χ2n) is 4.73. The summed E-state index contributed by atoms with van der Waals surface area (Å²) in [5, 5.41) is 8.39. The molecule has 0 aliphatic carbocycles. The first kappa shape index (κ1) is 16.6. The van der Waals surface area contributed by atoms with E-state index in [0.29, 0.717) is 31.6 Å². The highest BCUT2D eigenvalue weighted by atomic mass is 32.1. The van der Waals surface area contributed by atoms with Gasteiger partial charge in [-0.25, -0.2) is 4.98 Å². The van der Waals surface area contributed by atoms with Crippen molar-refractivity contribution in [2.45, 2.75) is 13.0 Å². The van der Waals surface area contributed by atoms with Crippen LogP contribution in [-0.4, -0.2) is 48.8 Å². The minimum atomic E-state index is -0.0970. The van der Waals surface area contributed by atoms with Gasteiger partial charge < -0.3 is 15.4 Å². The first-order valence-corrected chi connectivity index (χ1v) is 7.99. The molecule has 2 N–H and O–H groups in total. The Labute approximate surface area is 132 Å². The molecular weight excluding hydrogens is 304 g/mol. The fourth-order valence-electron chi connectivity index (χ4n) is 1.95. The Morgan fingerprint density at radius 2 is 2.27 bits per heavy atom. The van der Waals surface area contributed by atoms with Gasteiger partial charge in [0.2, 0.25) is 5.91 Å². The zero-order valence-electron chi connectivity index (χ0n) is 12.5. The van der Waals surface area contributed by atoms with Gasteiger partial charge in [-0.05, 0) is 11.4 Å². The summed E-state index contributed by atoms with van der Waals surface area (Å²) in [7, 11) is 1.65. The lowest BCUT2D eigenvalue weighted by atomic mass is 10.3. The first-order valence-electron chi connectivity index (χ1n) is 7.11. The summed E-state index contributed by atoms with van der Waals surface area (Å²) >= 11 is 1.43. The summed E-state index contributed by atoms with van der Waals surface area (Å²) in [5.41, 5.74) is -0.0970. The fraction of sp³-hybridized carbons (Fsp3) is 0.500. The average Bonchev–Trinajstić information content (AvgIpc) is 2.99. The first-order chi connectivity index (χ1) is 10.7. The van der Waals surface area contributed by atoms with Gasteiger partial charge in [-0.3, -0.25) is 14.2 Å². The van der Waals surface area contributed by atoms with E-state index in [0.717, 1.165) is 11.4 Å². The van der Waals surface area contributed by atoms with E-state index in [2.05, 4.69) is 15.6 Å². The average molecular weight is 324 g/mol. The van der Waals surface area contributed by atoms with Crippen molar-refractivity contribution in [2.75, 3.05) is 33.4 Å². The van der Waals surface area contributed by atoms with Crippen molar-refractivity contribution in [3.05, 3.63) is 28.1 Å². The van der Waals surface area contributed by atoms with Crippen LogP contribution in [0.4, 0.5) is 0 Å². The van der Waals surface area contributed by atoms with E-state index in [4.69, 9.17) is 4.74 Å². The quantitative estimate of drug-likeness (QED) is 0.644. The second kappa shape index (κ2) is 8.62. The fourth-order valence-corrected chi connectivity index (χ4v) is 2.68. The molecule has 8 heteroatoms. The molecule has 0 saturated heterocycles. The SMILES string of the molecule is COCCNCCNC(=O)CCn1cnc2sccc2c1=O. The number of nitrogens with zero attached hydrogens (tertiary/aromatic N) is 2.